The molecule has 1 aromatic carbocycles. The number of anilines is 1. The summed E-state index contributed by atoms with van der Waals surface area (Å²) in [6.07, 6.45) is 6.41. The van der Waals surface area contributed by atoms with Crippen molar-refractivity contribution in [1.29, 1.82) is 0 Å². The summed E-state index contributed by atoms with van der Waals surface area (Å²) in [7, 11) is 0. The van der Waals surface area contributed by atoms with E-state index in [0.717, 1.165) is 17.8 Å². The number of imidazole rings is 1. The number of aryl methyl sites for hydroxylation is 2. The number of benzene rings is 1. The van der Waals surface area contributed by atoms with E-state index in [2.05, 4.69) is 20.5 Å². The Morgan fingerprint density at radius 2 is 1.96 bits per heavy atom. The Morgan fingerprint density at radius 3 is 2.71 bits per heavy atom. The van der Waals surface area contributed by atoms with Crippen LogP contribution in [0.25, 0.3) is 23.1 Å². The van der Waals surface area contributed by atoms with Crippen LogP contribution in [0, 0.1) is 0 Å². The molecule has 0 atom stereocenters. The zero-order valence-corrected chi connectivity index (χ0v) is 15.3. The molecular weight excluding hydrogens is 358 g/mol. The van der Waals surface area contributed by atoms with Crippen molar-refractivity contribution in [1.82, 2.24) is 19.7 Å². The van der Waals surface area contributed by atoms with E-state index >= 15 is 0 Å². The second kappa shape index (κ2) is 7.91. The summed E-state index contributed by atoms with van der Waals surface area (Å²) in [5, 5.41) is 10.9. The number of carbonyl (C=O) groups excluding carboxylic acids is 1. The maximum absolute atomic E-state index is 12.2. The lowest BCUT2D eigenvalue weighted by atomic mass is 10.2. The number of furan rings is 1. The summed E-state index contributed by atoms with van der Waals surface area (Å²) in [6.45, 7) is 2.64. The number of rotatable bonds is 7. The molecule has 0 fully saturated rings. The molecule has 0 aliphatic carbocycles. The smallest absolute Gasteiger partial charge is 0.283 e. The number of carbonyl (C=O) groups is 1. The Labute approximate surface area is 161 Å². The Kier molecular flexibility index (Phi) is 5.01. The SMILES string of the molecule is CCc1nccn1CCC(=O)Nc1ccc(-c2nnc(-c3ccco3)o2)cc1. The topological polar surface area (TPSA) is 99.0 Å². The van der Waals surface area contributed by atoms with Crippen LogP contribution in [-0.2, 0) is 17.8 Å². The van der Waals surface area contributed by atoms with Gasteiger partial charge in [0, 0.05) is 43.0 Å². The average molecular weight is 377 g/mol. The molecule has 4 aromatic rings. The van der Waals surface area contributed by atoms with Crippen LogP contribution in [0.4, 0.5) is 5.69 Å². The Bertz CT molecular complexity index is 1050. The van der Waals surface area contributed by atoms with E-state index in [4.69, 9.17) is 8.83 Å². The quantitative estimate of drug-likeness (QED) is 0.526. The number of hydrogen-bond donors (Lipinski definition) is 1. The third kappa shape index (κ3) is 3.85. The first-order valence-electron chi connectivity index (χ1n) is 9.00. The molecule has 28 heavy (non-hydrogen) atoms. The number of aromatic nitrogens is 4. The Balaban J connectivity index is 1.36. The fourth-order valence-electron chi connectivity index (χ4n) is 2.84. The molecule has 1 amide bonds. The van der Waals surface area contributed by atoms with Gasteiger partial charge in [-0.1, -0.05) is 6.92 Å². The highest BCUT2D eigenvalue weighted by Gasteiger charge is 2.12. The van der Waals surface area contributed by atoms with Crippen molar-refractivity contribution in [2.45, 2.75) is 26.3 Å². The predicted molar refractivity (Wildman–Crippen MR) is 102 cm³/mol. The lowest BCUT2D eigenvalue weighted by Gasteiger charge is -2.08. The van der Waals surface area contributed by atoms with Gasteiger partial charge in [-0.3, -0.25) is 4.79 Å². The summed E-state index contributed by atoms with van der Waals surface area (Å²) in [5.74, 6) is 2.15. The van der Waals surface area contributed by atoms with Gasteiger partial charge >= 0.3 is 0 Å². The molecule has 4 rings (SSSR count). The van der Waals surface area contributed by atoms with E-state index < -0.39 is 0 Å². The molecule has 0 bridgehead atoms. The van der Waals surface area contributed by atoms with Crippen LogP contribution < -0.4 is 5.32 Å². The third-order valence-electron chi connectivity index (χ3n) is 4.27. The Hall–Kier alpha value is -3.68. The van der Waals surface area contributed by atoms with Gasteiger partial charge in [-0.25, -0.2) is 4.98 Å². The molecule has 0 spiro atoms. The molecule has 3 aromatic heterocycles. The Morgan fingerprint density at radius 1 is 1.14 bits per heavy atom. The largest absolute Gasteiger partial charge is 0.459 e. The van der Waals surface area contributed by atoms with E-state index in [1.807, 2.05) is 29.8 Å². The number of hydrogen-bond acceptors (Lipinski definition) is 6. The first kappa shape index (κ1) is 17.7. The molecule has 1 N–H and O–H groups in total. The second-order valence-corrected chi connectivity index (χ2v) is 6.16. The summed E-state index contributed by atoms with van der Waals surface area (Å²) < 4.78 is 12.9. The van der Waals surface area contributed by atoms with Crippen LogP contribution >= 0.6 is 0 Å². The summed E-state index contributed by atoms with van der Waals surface area (Å²) in [4.78, 5) is 16.5. The maximum Gasteiger partial charge on any atom is 0.283 e. The lowest BCUT2D eigenvalue weighted by Crippen LogP contribution is -2.15. The zero-order valence-electron chi connectivity index (χ0n) is 15.3. The van der Waals surface area contributed by atoms with Gasteiger partial charge in [-0.15, -0.1) is 10.2 Å². The number of nitrogens with one attached hydrogen (secondary N) is 1. The summed E-state index contributed by atoms with van der Waals surface area (Å²) in [5.41, 5.74) is 1.47. The molecule has 142 valence electrons. The highest BCUT2D eigenvalue weighted by Crippen LogP contribution is 2.25. The fraction of sp³-hybridized carbons (Fsp3) is 0.200. The molecule has 8 heteroatoms. The number of amides is 1. The molecule has 0 aliphatic rings. The molecule has 0 radical (unpaired) electrons. The normalized spacial score (nSPS) is 10.9. The van der Waals surface area contributed by atoms with Gasteiger partial charge in [0.1, 0.15) is 5.82 Å². The lowest BCUT2D eigenvalue weighted by molar-refractivity contribution is -0.116. The molecule has 0 saturated carbocycles. The van der Waals surface area contributed by atoms with Crippen LogP contribution in [0.5, 0.6) is 0 Å². The van der Waals surface area contributed by atoms with Crippen molar-refractivity contribution >= 4 is 11.6 Å². The minimum atomic E-state index is -0.0543. The second-order valence-electron chi connectivity index (χ2n) is 6.16. The first-order valence-corrected chi connectivity index (χ1v) is 9.00. The van der Waals surface area contributed by atoms with E-state index in [1.54, 1.807) is 36.7 Å². The van der Waals surface area contributed by atoms with E-state index in [1.165, 1.54) is 0 Å². The van der Waals surface area contributed by atoms with Crippen LogP contribution in [-0.4, -0.2) is 25.7 Å². The van der Waals surface area contributed by atoms with Crippen molar-refractivity contribution in [2.75, 3.05) is 5.32 Å². The van der Waals surface area contributed by atoms with Gasteiger partial charge in [-0.05, 0) is 36.4 Å². The monoisotopic (exact) mass is 377 g/mol. The molecule has 0 aliphatic heterocycles. The maximum atomic E-state index is 12.2. The molecule has 0 saturated heterocycles. The highest BCUT2D eigenvalue weighted by atomic mass is 16.4. The fourth-order valence-corrected chi connectivity index (χ4v) is 2.84. The molecule has 3 heterocycles. The van der Waals surface area contributed by atoms with E-state index in [9.17, 15) is 4.79 Å². The molecule has 0 unspecified atom stereocenters. The van der Waals surface area contributed by atoms with Gasteiger partial charge < -0.3 is 18.7 Å². The standard InChI is InChI=1S/C20H19N5O3/c1-2-17-21-10-12-25(17)11-9-18(26)22-15-7-5-14(6-8-15)19-23-24-20(28-19)16-4-3-13-27-16/h3-8,10,12-13H,2,9,11H2,1H3,(H,22,26). The minimum absolute atomic E-state index is 0.0543. The molecular formula is C20H19N5O3. The van der Waals surface area contributed by atoms with E-state index in [-0.39, 0.29) is 5.91 Å². The summed E-state index contributed by atoms with van der Waals surface area (Å²) in [6, 6.07) is 10.8. The number of nitrogens with zero attached hydrogens (tertiary/aromatic N) is 4. The van der Waals surface area contributed by atoms with Crippen molar-refractivity contribution in [3.63, 3.8) is 0 Å². The third-order valence-corrected chi connectivity index (χ3v) is 4.27. The van der Waals surface area contributed by atoms with Crippen molar-refractivity contribution in [3.05, 3.63) is 60.9 Å². The van der Waals surface area contributed by atoms with Gasteiger partial charge in [0.05, 0.1) is 6.26 Å². The average Bonchev–Trinajstić information content (AvgIpc) is 3.48. The van der Waals surface area contributed by atoms with Gasteiger partial charge in [0.2, 0.25) is 11.8 Å². The molecule has 8 nitrogen and oxygen atoms in total. The van der Waals surface area contributed by atoms with E-state index in [0.29, 0.717) is 36.2 Å². The highest BCUT2D eigenvalue weighted by molar-refractivity contribution is 5.90. The van der Waals surface area contributed by atoms with Gasteiger partial charge in [0.15, 0.2) is 5.76 Å². The van der Waals surface area contributed by atoms with Crippen molar-refractivity contribution in [2.24, 2.45) is 0 Å². The summed E-state index contributed by atoms with van der Waals surface area (Å²) >= 11 is 0. The zero-order chi connectivity index (χ0) is 19.3. The van der Waals surface area contributed by atoms with Crippen LogP contribution in [0.3, 0.4) is 0 Å². The van der Waals surface area contributed by atoms with Crippen molar-refractivity contribution in [3.8, 4) is 23.1 Å². The van der Waals surface area contributed by atoms with Crippen LogP contribution in [0.1, 0.15) is 19.2 Å². The van der Waals surface area contributed by atoms with Crippen LogP contribution in [0.15, 0.2) is 63.9 Å². The minimum Gasteiger partial charge on any atom is -0.459 e. The first-order chi connectivity index (χ1) is 13.7. The predicted octanol–water partition coefficient (Wildman–Crippen LogP) is 3.78. The van der Waals surface area contributed by atoms with Crippen LogP contribution in [0.2, 0.25) is 0 Å². The van der Waals surface area contributed by atoms with Crippen molar-refractivity contribution < 1.29 is 13.6 Å². The van der Waals surface area contributed by atoms with Gasteiger partial charge in [0.25, 0.3) is 5.89 Å². The van der Waals surface area contributed by atoms with Gasteiger partial charge in [-0.2, -0.15) is 0 Å².